The van der Waals surface area contributed by atoms with Gasteiger partial charge >= 0.3 is 0 Å². The minimum Gasteiger partial charge on any atom is -0.366 e. The molecule has 24 heavy (non-hydrogen) atoms. The number of fused-ring (bicyclic) bond motifs is 1. The Balaban J connectivity index is 1.50. The van der Waals surface area contributed by atoms with Crippen LogP contribution in [0.1, 0.15) is 30.9 Å². The Morgan fingerprint density at radius 1 is 1.12 bits per heavy atom. The van der Waals surface area contributed by atoms with E-state index in [4.69, 9.17) is 10.1 Å². The Morgan fingerprint density at radius 3 is 2.92 bits per heavy atom. The normalized spacial score (nSPS) is 20.6. The first-order valence-corrected chi connectivity index (χ1v) is 8.66. The van der Waals surface area contributed by atoms with Crippen LogP contribution in [0.4, 0.5) is 5.82 Å². The Morgan fingerprint density at radius 2 is 2.08 bits per heavy atom. The monoisotopic (exact) mass is 320 g/mol. The van der Waals surface area contributed by atoms with Gasteiger partial charge < -0.3 is 10.6 Å². The molecule has 0 aromatic carbocycles. The number of nitrogens with one attached hydrogen (secondary N) is 2. The fourth-order valence-electron chi connectivity index (χ4n) is 3.30. The van der Waals surface area contributed by atoms with Crippen LogP contribution in [0.15, 0.2) is 36.5 Å². The average molecular weight is 320 g/mol. The molecule has 122 valence electrons. The molecule has 0 amide bonds. The van der Waals surface area contributed by atoms with E-state index in [1.54, 1.807) is 0 Å². The molecule has 1 saturated heterocycles. The van der Waals surface area contributed by atoms with E-state index in [1.807, 2.05) is 28.9 Å². The molecule has 0 radical (unpaired) electrons. The molecule has 0 bridgehead atoms. The maximum atomic E-state index is 4.79. The molecule has 3 aromatic rings. The van der Waals surface area contributed by atoms with Gasteiger partial charge in [-0.15, -0.1) is 0 Å². The summed E-state index contributed by atoms with van der Waals surface area (Å²) >= 11 is 0. The number of rotatable bonds is 4. The average Bonchev–Trinajstić information content (AvgIpc) is 3.17. The van der Waals surface area contributed by atoms with E-state index < -0.39 is 0 Å². The number of hydrogen-bond acceptors (Lipinski definition) is 5. The van der Waals surface area contributed by atoms with Crippen molar-refractivity contribution in [2.24, 2.45) is 0 Å². The molecule has 1 aliphatic heterocycles. The van der Waals surface area contributed by atoms with Gasteiger partial charge in [0, 0.05) is 18.5 Å². The van der Waals surface area contributed by atoms with E-state index in [1.165, 1.54) is 12.8 Å². The number of nitrogens with zero attached hydrogens (tertiary/aromatic N) is 4. The van der Waals surface area contributed by atoms with Gasteiger partial charge in [-0.05, 0) is 50.1 Å². The largest absolute Gasteiger partial charge is 0.366 e. The molecule has 1 aliphatic carbocycles. The van der Waals surface area contributed by atoms with Gasteiger partial charge in [0.25, 0.3) is 0 Å². The molecule has 2 aliphatic rings. The van der Waals surface area contributed by atoms with Crippen LogP contribution < -0.4 is 10.6 Å². The third kappa shape index (κ3) is 2.53. The molecule has 3 aromatic heterocycles. The number of aromatic nitrogens is 4. The van der Waals surface area contributed by atoms with Gasteiger partial charge in [0.05, 0.1) is 17.6 Å². The van der Waals surface area contributed by atoms with Crippen molar-refractivity contribution in [3.63, 3.8) is 0 Å². The molecule has 2 N–H and O–H groups in total. The first-order valence-electron chi connectivity index (χ1n) is 8.66. The molecule has 6 nitrogen and oxygen atoms in total. The minimum absolute atomic E-state index is 0.453. The highest BCUT2D eigenvalue weighted by Crippen LogP contribution is 2.39. The van der Waals surface area contributed by atoms with Gasteiger partial charge in [-0.3, -0.25) is 0 Å². The van der Waals surface area contributed by atoms with Crippen molar-refractivity contribution in [1.29, 1.82) is 0 Å². The molecule has 5 rings (SSSR count). The van der Waals surface area contributed by atoms with Crippen molar-refractivity contribution in [1.82, 2.24) is 24.9 Å². The quantitative estimate of drug-likeness (QED) is 0.773. The van der Waals surface area contributed by atoms with Crippen molar-refractivity contribution in [3.05, 3.63) is 42.2 Å². The van der Waals surface area contributed by atoms with Crippen molar-refractivity contribution in [2.75, 3.05) is 18.4 Å². The van der Waals surface area contributed by atoms with Gasteiger partial charge in [0.1, 0.15) is 11.5 Å². The van der Waals surface area contributed by atoms with Crippen molar-refractivity contribution >= 4 is 11.5 Å². The van der Waals surface area contributed by atoms with Crippen molar-refractivity contribution < 1.29 is 0 Å². The lowest BCUT2D eigenvalue weighted by atomic mass is 10.2. The third-order valence-corrected chi connectivity index (χ3v) is 4.80. The van der Waals surface area contributed by atoms with Crippen LogP contribution in [0.5, 0.6) is 0 Å². The van der Waals surface area contributed by atoms with Crippen LogP contribution in [0.3, 0.4) is 0 Å². The summed E-state index contributed by atoms with van der Waals surface area (Å²) in [5.74, 6) is 1.54. The SMILES string of the molecule is c1cc(N[C@@H]2CCNC2)nc(-c2cnc3ccc(C4CC4)nn23)c1. The summed E-state index contributed by atoms with van der Waals surface area (Å²) in [5, 5.41) is 11.7. The summed E-state index contributed by atoms with van der Waals surface area (Å²) in [6.45, 7) is 2.06. The molecule has 1 atom stereocenters. The summed E-state index contributed by atoms with van der Waals surface area (Å²) < 4.78 is 1.93. The van der Waals surface area contributed by atoms with Crippen LogP contribution in [0.25, 0.3) is 17.0 Å². The summed E-state index contributed by atoms with van der Waals surface area (Å²) in [6, 6.07) is 10.7. The molecule has 6 heteroatoms. The van der Waals surface area contributed by atoms with Gasteiger partial charge in [0.2, 0.25) is 0 Å². The number of anilines is 1. The van der Waals surface area contributed by atoms with Gasteiger partial charge in [-0.25, -0.2) is 14.5 Å². The van der Waals surface area contributed by atoms with E-state index in [0.29, 0.717) is 12.0 Å². The highest BCUT2D eigenvalue weighted by molar-refractivity contribution is 5.61. The van der Waals surface area contributed by atoms with E-state index in [2.05, 4.69) is 27.8 Å². The predicted octanol–water partition coefficient (Wildman–Crippen LogP) is 2.44. The van der Waals surface area contributed by atoms with E-state index in [9.17, 15) is 0 Å². The van der Waals surface area contributed by atoms with Gasteiger partial charge in [0.15, 0.2) is 5.65 Å². The topological polar surface area (TPSA) is 67.1 Å². The molecule has 0 unspecified atom stereocenters. The van der Waals surface area contributed by atoms with Crippen LogP contribution in [-0.2, 0) is 0 Å². The zero-order valence-electron chi connectivity index (χ0n) is 13.4. The number of imidazole rings is 1. The molecule has 4 heterocycles. The summed E-state index contributed by atoms with van der Waals surface area (Å²) in [5.41, 5.74) is 3.88. The third-order valence-electron chi connectivity index (χ3n) is 4.80. The second-order valence-electron chi connectivity index (χ2n) is 6.69. The first-order chi connectivity index (χ1) is 11.9. The maximum absolute atomic E-state index is 4.79. The summed E-state index contributed by atoms with van der Waals surface area (Å²) in [6.07, 6.45) is 5.49. The van der Waals surface area contributed by atoms with Crippen LogP contribution >= 0.6 is 0 Å². The Labute approximate surface area is 140 Å². The molecule has 0 spiro atoms. The van der Waals surface area contributed by atoms with Gasteiger partial charge in [-0.1, -0.05) is 6.07 Å². The maximum Gasteiger partial charge on any atom is 0.154 e. The molecular weight excluding hydrogens is 300 g/mol. The summed E-state index contributed by atoms with van der Waals surface area (Å²) in [4.78, 5) is 9.26. The highest BCUT2D eigenvalue weighted by Gasteiger charge is 2.25. The van der Waals surface area contributed by atoms with Gasteiger partial charge in [-0.2, -0.15) is 5.10 Å². The second kappa shape index (κ2) is 5.56. The fraction of sp³-hybridized carbons (Fsp3) is 0.389. The van der Waals surface area contributed by atoms with Crippen LogP contribution in [-0.4, -0.2) is 38.7 Å². The van der Waals surface area contributed by atoms with E-state index in [0.717, 1.165) is 48.1 Å². The zero-order chi connectivity index (χ0) is 15.9. The fourth-order valence-corrected chi connectivity index (χ4v) is 3.30. The van der Waals surface area contributed by atoms with Crippen molar-refractivity contribution in [2.45, 2.75) is 31.2 Å². The summed E-state index contributed by atoms with van der Waals surface area (Å²) in [7, 11) is 0. The number of pyridine rings is 1. The Hall–Kier alpha value is -2.47. The lowest BCUT2D eigenvalue weighted by Crippen LogP contribution is -2.22. The lowest BCUT2D eigenvalue weighted by molar-refractivity contribution is 0.788. The number of hydrogen-bond donors (Lipinski definition) is 2. The molecule has 2 fully saturated rings. The minimum atomic E-state index is 0.453. The van der Waals surface area contributed by atoms with Crippen molar-refractivity contribution in [3.8, 4) is 11.4 Å². The molecule has 1 saturated carbocycles. The lowest BCUT2D eigenvalue weighted by Gasteiger charge is -2.12. The highest BCUT2D eigenvalue weighted by atomic mass is 15.3. The Kier molecular flexibility index (Phi) is 3.23. The first kappa shape index (κ1) is 13.9. The van der Waals surface area contributed by atoms with E-state index in [-0.39, 0.29) is 0 Å². The van der Waals surface area contributed by atoms with Crippen LogP contribution in [0, 0.1) is 0 Å². The van der Waals surface area contributed by atoms with E-state index >= 15 is 0 Å². The zero-order valence-corrected chi connectivity index (χ0v) is 13.4. The van der Waals surface area contributed by atoms with Crippen LogP contribution in [0.2, 0.25) is 0 Å². The standard InChI is InChI=1S/C18H20N6/c1-2-15(22-17(3-1)21-13-8-9-19-10-13)16-11-20-18-7-6-14(12-4-5-12)23-24(16)18/h1-3,6-7,11-13,19H,4-5,8-10H2,(H,21,22)/t13-/m1/s1. The molecular formula is C18H20N6. The Bertz CT molecular complexity index is 876. The smallest absolute Gasteiger partial charge is 0.154 e. The second-order valence-corrected chi connectivity index (χ2v) is 6.69. The predicted molar refractivity (Wildman–Crippen MR) is 93.1 cm³/mol.